The predicted octanol–water partition coefficient (Wildman–Crippen LogP) is 1.50. The Hall–Kier alpha value is -2.79. The van der Waals surface area contributed by atoms with E-state index in [1.807, 2.05) is 0 Å². The number of methoxy groups -OCH3 is 1. The van der Waals surface area contributed by atoms with Gasteiger partial charge in [0.15, 0.2) is 0 Å². The Morgan fingerprint density at radius 2 is 1.88 bits per heavy atom. The molecule has 2 aromatic carbocycles. The van der Waals surface area contributed by atoms with Gasteiger partial charge in [-0.3, -0.25) is 4.79 Å². The van der Waals surface area contributed by atoms with Crippen LogP contribution in [0.25, 0.3) is 0 Å². The molecule has 32 heavy (non-hydrogen) atoms. The number of aliphatic hydroxyl groups is 1. The van der Waals surface area contributed by atoms with Gasteiger partial charge in [0.05, 0.1) is 37.2 Å². The number of aliphatic hydroxyl groups excluding tert-OH is 1. The standard InChI is InChI=1S/C22H25FN2O6S/c1-30-16-6-9-18(10-7-16)32(28,29)25-20-11-8-17(31-21(20)14-26)12-22(27)24-13-15-4-2-3-5-19(15)23/h2-11,17,20-21,25-26H,12-14H2,1H3,(H,24,27)/t17-,20-,21-/m1/s1. The first kappa shape index (κ1) is 23.9. The number of hydrogen-bond acceptors (Lipinski definition) is 6. The zero-order chi connectivity index (χ0) is 23.1. The van der Waals surface area contributed by atoms with Crippen LogP contribution in [0.2, 0.25) is 0 Å². The topological polar surface area (TPSA) is 114 Å². The van der Waals surface area contributed by atoms with Crippen molar-refractivity contribution >= 4 is 15.9 Å². The van der Waals surface area contributed by atoms with Gasteiger partial charge in [-0.1, -0.05) is 30.4 Å². The third kappa shape index (κ3) is 6.13. The van der Waals surface area contributed by atoms with Crippen molar-refractivity contribution in [3.8, 4) is 5.75 Å². The molecule has 1 amide bonds. The molecule has 0 spiro atoms. The van der Waals surface area contributed by atoms with Crippen LogP contribution in [0.3, 0.4) is 0 Å². The van der Waals surface area contributed by atoms with E-state index in [9.17, 15) is 22.7 Å². The molecule has 0 aromatic heterocycles. The number of sulfonamides is 1. The van der Waals surface area contributed by atoms with Gasteiger partial charge in [-0.2, -0.15) is 0 Å². The summed E-state index contributed by atoms with van der Waals surface area (Å²) in [5.74, 6) is -0.250. The minimum Gasteiger partial charge on any atom is -0.497 e. The van der Waals surface area contributed by atoms with Crippen molar-refractivity contribution in [3.63, 3.8) is 0 Å². The second-order valence-electron chi connectivity index (χ2n) is 7.18. The number of amides is 1. The van der Waals surface area contributed by atoms with Crippen LogP contribution in [0.1, 0.15) is 12.0 Å². The third-order valence-electron chi connectivity index (χ3n) is 4.94. The highest BCUT2D eigenvalue weighted by Crippen LogP contribution is 2.20. The van der Waals surface area contributed by atoms with Crippen molar-refractivity contribution in [3.05, 3.63) is 72.1 Å². The van der Waals surface area contributed by atoms with Crippen molar-refractivity contribution in [1.82, 2.24) is 10.0 Å². The zero-order valence-electron chi connectivity index (χ0n) is 17.4. The average molecular weight is 465 g/mol. The second-order valence-corrected chi connectivity index (χ2v) is 8.89. The molecular formula is C22H25FN2O6S. The van der Waals surface area contributed by atoms with Crippen molar-refractivity contribution in [2.24, 2.45) is 0 Å². The molecule has 1 aliphatic heterocycles. The van der Waals surface area contributed by atoms with E-state index in [0.29, 0.717) is 11.3 Å². The van der Waals surface area contributed by atoms with Gasteiger partial charge in [0.2, 0.25) is 15.9 Å². The number of hydrogen-bond donors (Lipinski definition) is 3. The van der Waals surface area contributed by atoms with Crippen LogP contribution in [0, 0.1) is 5.82 Å². The summed E-state index contributed by atoms with van der Waals surface area (Å²) in [5.41, 5.74) is 0.363. The molecule has 0 saturated carbocycles. The van der Waals surface area contributed by atoms with Gasteiger partial charge in [-0.25, -0.2) is 17.5 Å². The maximum atomic E-state index is 13.7. The van der Waals surface area contributed by atoms with Crippen molar-refractivity contribution in [1.29, 1.82) is 0 Å². The Morgan fingerprint density at radius 1 is 1.16 bits per heavy atom. The van der Waals surface area contributed by atoms with Crippen LogP contribution in [0.4, 0.5) is 4.39 Å². The number of halogens is 1. The predicted molar refractivity (Wildman–Crippen MR) is 115 cm³/mol. The fraction of sp³-hybridized carbons (Fsp3) is 0.318. The Balaban J connectivity index is 1.59. The van der Waals surface area contributed by atoms with Crippen LogP contribution < -0.4 is 14.8 Å². The molecule has 0 unspecified atom stereocenters. The molecule has 3 atom stereocenters. The first-order valence-corrected chi connectivity index (χ1v) is 11.4. The monoisotopic (exact) mass is 464 g/mol. The normalized spacial score (nSPS) is 20.7. The molecule has 0 fully saturated rings. The van der Waals surface area contributed by atoms with E-state index < -0.39 is 40.7 Å². The van der Waals surface area contributed by atoms with E-state index in [1.54, 1.807) is 30.4 Å². The molecule has 0 radical (unpaired) electrons. The van der Waals surface area contributed by atoms with Crippen LogP contribution in [0.5, 0.6) is 5.75 Å². The molecule has 8 nitrogen and oxygen atoms in total. The van der Waals surface area contributed by atoms with E-state index in [4.69, 9.17) is 9.47 Å². The highest BCUT2D eigenvalue weighted by molar-refractivity contribution is 7.89. The number of carbonyl (C=O) groups excluding carboxylic acids is 1. The van der Waals surface area contributed by atoms with E-state index in [2.05, 4.69) is 10.0 Å². The van der Waals surface area contributed by atoms with Gasteiger partial charge in [-0.05, 0) is 30.3 Å². The quantitative estimate of drug-likeness (QED) is 0.485. The molecule has 3 rings (SSSR count). The Bertz CT molecular complexity index is 1060. The van der Waals surface area contributed by atoms with Crippen LogP contribution in [0.15, 0.2) is 65.6 Å². The van der Waals surface area contributed by atoms with Gasteiger partial charge in [-0.15, -0.1) is 0 Å². The summed E-state index contributed by atoms with van der Waals surface area (Å²) < 4.78 is 52.2. The molecular weight excluding hydrogens is 439 g/mol. The lowest BCUT2D eigenvalue weighted by molar-refractivity contribution is -0.125. The van der Waals surface area contributed by atoms with Gasteiger partial charge < -0.3 is 19.9 Å². The highest BCUT2D eigenvalue weighted by atomic mass is 32.2. The van der Waals surface area contributed by atoms with Gasteiger partial charge in [0, 0.05) is 12.1 Å². The van der Waals surface area contributed by atoms with Crippen LogP contribution in [-0.4, -0.2) is 51.4 Å². The maximum Gasteiger partial charge on any atom is 0.241 e. The van der Waals surface area contributed by atoms with Gasteiger partial charge in [0.1, 0.15) is 17.7 Å². The molecule has 172 valence electrons. The molecule has 10 heteroatoms. The van der Waals surface area contributed by atoms with Crippen molar-refractivity contribution < 1.29 is 32.2 Å². The smallest absolute Gasteiger partial charge is 0.241 e. The number of rotatable bonds is 9. The van der Waals surface area contributed by atoms with Crippen LogP contribution in [-0.2, 0) is 26.1 Å². The van der Waals surface area contributed by atoms with E-state index in [0.717, 1.165) is 0 Å². The summed E-state index contributed by atoms with van der Waals surface area (Å²) in [7, 11) is -2.39. The lowest BCUT2D eigenvalue weighted by Crippen LogP contribution is -2.49. The molecule has 0 aliphatic carbocycles. The Morgan fingerprint density at radius 3 is 2.53 bits per heavy atom. The zero-order valence-corrected chi connectivity index (χ0v) is 18.2. The summed E-state index contributed by atoms with van der Waals surface area (Å²) in [6.45, 7) is -0.414. The number of ether oxygens (including phenoxy) is 2. The molecule has 3 N–H and O–H groups in total. The minimum atomic E-state index is -3.87. The summed E-state index contributed by atoms with van der Waals surface area (Å²) in [4.78, 5) is 12.2. The maximum absolute atomic E-state index is 13.7. The average Bonchev–Trinajstić information content (AvgIpc) is 2.79. The van der Waals surface area contributed by atoms with E-state index in [1.165, 1.54) is 37.4 Å². The lowest BCUT2D eigenvalue weighted by Gasteiger charge is -2.31. The Kier molecular flexibility index (Phi) is 7.97. The number of carbonyl (C=O) groups is 1. The van der Waals surface area contributed by atoms with Crippen molar-refractivity contribution in [2.75, 3.05) is 13.7 Å². The number of benzene rings is 2. The second kappa shape index (κ2) is 10.7. The Labute approximate surface area is 186 Å². The summed E-state index contributed by atoms with van der Waals surface area (Å²) >= 11 is 0. The molecule has 2 aromatic rings. The summed E-state index contributed by atoms with van der Waals surface area (Å²) in [5, 5.41) is 12.3. The first-order valence-electron chi connectivity index (χ1n) is 9.93. The largest absolute Gasteiger partial charge is 0.497 e. The minimum absolute atomic E-state index is 0.0374. The van der Waals surface area contributed by atoms with Crippen LogP contribution >= 0.6 is 0 Å². The van der Waals surface area contributed by atoms with Gasteiger partial charge >= 0.3 is 0 Å². The lowest BCUT2D eigenvalue weighted by atomic mass is 10.1. The molecule has 0 saturated heterocycles. The van der Waals surface area contributed by atoms with Crippen molar-refractivity contribution in [2.45, 2.75) is 36.1 Å². The SMILES string of the molecule is COc1ccc(S(=O)(=O)N[C@@H]2C=C[C@H](CC(=O)NCc3ccccc3F)O[C@@H]2CO)cc1. The molecule has 0 bridgehead atoms. The first-order chi connectivity index (χ1) is 15.3. The van der Waals surface area contributed by atoms with Gasteiger partial charge in [0.25, 0.3) is 0 Å². The summed E-state index contributed by atoms with van der Waals surface area (Å²) in [6, 6.07) is 11.2. The fourth-order valence-electron chi connectivity index (χ4n) is 3.20. The molecule has 1 aliphatic rings. The number of nitrogens with one attached hydrogen (secondary N) is 2. The fourth-order valence-corrected chi connectivity index (χ4v) is 4.42. The third-order valence-corrected chi connectivity index (χ3v) is 6.42. The highest BCUT2D eigenvalue weighted by Gasteiger charge is 2.31. The van der Waals surface area contributed by atoms with E-state index in [-0.39, 0.29) is 23.8 Å². The summed E-state index contributed by atoms with van der Waals surface area (Å²) in [6.07, 6.45) is 1.53. The molecule has 1 heterocycles. The van der Waals surface area contributed by atoms with E-state index >= 15 is 0 Å².